The van der Waals surface area contributed by atoms with Crippen molar-refractivity contribution in [2.24, 2.45) is 0 Å². The van der Waals surface area contributed by atoms with Crippen LogP contribution in [0.1, 0.15) is 112 Å². The number of aryl methyl sites for hydroxylation is 4. The van der Waals surface area contributed by atoms with Gasteiger partial charge in [0.15, 0.2) is 0 Å². The fraction of sp³-hybridized carbons (Fsp3) is 0.221. The van der Waals surface area contributed by atoms with Crippen molar-refractivity contribution in [1.82, 2.24) is 0 Å². The molecule has 4 nitrogen and oxygen atoms in total. The lowest BCUT2D eigenvalue weighted by atomic mass is 9.68. The Morgan fingerprint density at radius 1 is 0.420 bits per heavy atom. The molecule has 0 saturated heterocycles. The first-order chi connectivity index (χ1) is 39.4. The molecule has 6 aliphatic rings. The standard InChI is InChI=1S/C77H66N2O2/c1-75(2,3)51-33-39-53(40-34-51)78(55-37-31-47-19-17-21-49(47)43-55)65-45-63-71(73-69(65)59-25-13-15-29-67(59)80-73)72-64(77(63)61-27-11-7-9-23-57(61)58-24-10-8-12-28-62(58)77)46-66(70-60-26-14-16-30-68(60)81-74(70)72)79(54-41-35-52(36-42-54)76(4,5)6)56-38-32-48-20-18-22-50(48)44-56/h7-16,25-46H,17-24H2,1-6H3. The summed E-state index contributed by atoms with van der Waals surface area (Å²) in [6, 6.07) is 55.9. The van der Waals surface area contributed by atoms with Gasteiger partial charge in [-0.2, -0.15) is 0 Å². The number of furan rings is 2. The van der Waals surface area contributed by atoms with E-state index in [1.807, 2.05) is 0 Å². The average Bonchev–Trinajstić information content (AvgIpc) is 2.01. The topological polar surface area (TPSA) is 32.8 Å². The molecule has 0 fully saturated rings. The zero-order valence-electron chi connectivity index (χ0n) is 47.3. The number of fused-ring (bicyclic) bond motifs is 18. The van der Waals surface area contributed by atoms with Crippen molar-refractivity contribution in [3.05, 3.63) is 261 Å². The Balaban J connectivity index is 1.08. The van der Waals surface area contributed by atoms with Gasteiger partial charge in [-0.1, -0.05) is 163 Å². The monoisotopic (exact) mass is 1050 g/mol. The molecule has 2 heterocycles. The SMILES string of the molecule is CC(C)(C)c1ccc(N(c2ccc3c(c2)CCC3)c2cc3c(c4oc5ccccc5c24)-c2c(cc(N(c4ccc(C(C)(C)C)cc4)c4ccc5c(c4)CCC5)c4c2oc2ccccc24)C32C3=C(CC=CC=C3)C3=C2C=CC=CC3)cc1. The van der Waals surface area contributed by atoms with Gasteiger partial charge in [0.25, 0.3) is 0 Å². The van der Waals surface area contributed by atoms with Crippen molar-refractivity contribution < 1.29 is 8.83 Å². The van der Waals surface area contributed by atoms with Crippen LogP contribution in [0.3, 0.4) is 0 Å². The molecule has 0 aliphatic heterocycles. The van der Waals surface area contributed by atoms with E-state index < -0.39 is 5.41 Å². The van der Waals surface area contributed by atoms with Gasteiger partial charge in [0.05, 0.1) is 27.6 Å². The molecule has 6 aliphatic carbocycles. The molecule has 0 saturated carbocycles. The highest BCUT2D eigenvalue weighted by atomic mass is 16.3. The molecule has 8 aromatic carbocycles. The van der Waals surface area contributed by atoms with E-state index >= 15 is 0 Å². The predicted molar refractivity (Wildman–Crippen MR) is 338 cm³/mol. The second kappa shape index (κ2) is 17.7. The number of para-hydroxylation sites is 2. The van der Waals surface area contributed by atoms with Crippen LogP contribution in [0.25, 0.3) is 55.0 Å². The molecule has 0 bridgehead atoms. The maximum Gasteiger partial charge on any atom is 0.145 e. The molecular weight excluding hydrogens is 985 g/mol. The first kappa shape index (κ1) is 48.3. The number of rotatable bonds is 6. The van der Waals surface area contributed by atoms with E-state index in [-0.39, 0.29) is 10.8 Å². The second-order valence-electron chi connectivity index (χ2n) is 25.6. The lowest BCUT2D eigenvalue weighted by molar-refractivity contribution is 0.590. The van der Waals surface area contributed by atoms with Gasteiger partial charge >= 0.3 is 0 Å². The Hall–Kier alpha value is -8.60. The fourth-order valence-electron chi connectivity index (χ4n) is 15.1. The summed E-state index contributed by atoms with van der Waals surface area (Å²) in [5.41, 5.74) is 27.9. The Morgan fingerprint density at radius 2 is 0.827 bits per heavy atom. The summed E-state index contributed by atoms with van der Waals surface area (Å²) >= 11 is 0. The minimum atomic E-state index is -0.788. The second-order valence-corrected chi connectivity index (χ2v) is 25.6. The number of anilines is 6. The molecule has 0 unspecified atom stereocenters. The molecule has 10 aromatic rings. The van der Waals surface area contributed by atoms with Crippen LogP contribution in [-0.4, -0.2) is 0 Å². The van der Waals surface area contributed by atoms with Gasteiger partial charge in [0.1, 0.15) is 22.3 Å². The van der Waals surface area contributed by atoms with Crippen molar-refractivity contribution in [1.29, 1.82) is 0 Å². The molecule has 16 rings (SSSR count). The third-order valence-corrected chi connectivity index (χ3v) is 18.9. The number of hydrogen-bond donors (Lipinski definition) is 0. The lowest BCUT2D eigenvalue weighted by Gasteiger charge is -2.35. The normalized spacial score (nSPS) is 16.7. The highest BCUT2D eigenvalue weighted by Crippen LogP contribution is 2.68. The third-order valence-electron chi connectivity index (χ3n) is 18.9. The molecule has 81 heavy (non-hydrogen) atoms. The number of benzene rings is 8. The van der Waals surface area contributed by atoms with E-state index in [1.165, 1.54) is 79.6 Å². The van der Waals surface area contributed by atoms with Crippen molar-refractivity contribution in [3.8, 4) is 11.1 Å². The number of allylic oxidation sites excluding steroid dienone is 12. The van der Waals surface area contributed by atoms with Gasteiger partial charge in [-0.25, -0.2) is 0 Å². The summed E-state index contributed by atoms with van der Waals surface area (Å²) in [6.45, 7) is 13.8. The molecule has 1 spiro atoms. The van der Waals surface area contributed by atoms with E-state index in [1.54, 1.807) is 0 Å². The van der Waals surface area contributed by atoms with Crippen molar-refractivity contribution in [2.75, 3.05) is 9.80 Å². The van der Waals surface area contributed by atoms with Crippen LogP contribution in [0.2, 0.25) is 0 Å². The lowest BCUT2D eigenvalue weighted by Crippen LogP contribution is -2.28. The smallest absolute Gasteiger partial charge is 0.145 e. The van der Waals surface area contributed by atoms with Gasteiger partial charge in [-0.3, -0.25) is 0 Å². The number of nitrogens with zero attached hydrogens (tertiary/aromatic N) is 2. The van der Waals surface area contributed by atoms with Crippen LogP contribution in [0, 0.1) is 0 Å². The zero-order chi connectivity index (χ0) is 54.5. The Morgan fingerprint density at radius 3 is 1.26 bits per heavy atom. The maximum absolute atomic E-state index is 7.63. The van der Waals surface area contributed by atoms with Crippen LogP contribution < -0.4 is 9.80 Å². The third kappa shape index (κ3) is 7.14. The summed E-state index contributed by atoms with van der Waals surface area (Å²) in [5.74, 6) is 0. The van der Waals surface area contributed by atoms with Crippen LogP contribution in [-0.2, 0) is 41.9 Å². The fourth-order valence-corrected chi connectivity index (χ4v) is 15.1. The molecular formula is C77H66N2O2. The Bertz CT molecular complexity index is 4230. The first-order valence-corrected chi connectivity index (χ1v) is 29.6. The van der Waals surface area contributed by atoms with Gasteiger partial charge in [0, 0.05) is 44.6 Å². The summed E-state index contributed by atoms with van der Waals surface area (Å²) in [7, 11) is 0. The van der Waals surface area contributed by atoms with Crippen LogP contribution in [0.4, 0.5) is 34.1 Å². The van der Waals surface area contributed by atoms with Crippen molar-refractivity contribution in [2.45, 2.75) is 109 Å². The van der Waals surface area contributed by atoms with Gasteiger partial charge in [-0.15, -0.1) is 0 Å². The molecule has 0 radical (unpaired) electrons. The Kier molecular flexibility index (Phi) is 10.6. The minimum Gasteiger partial charge on any atom is -0.455 e. The first-order valence-electron chi connectivity index (χ1n) is 29.6. The summed E-state index contributed by atoms with van der Waals surface area (Å²) < 4.78 is 15.3. The highest BCUT2D eigenvalue weighted by Gasteiger charge is 2.56. The molecule has 396 valence electrons. The molecule has 0 N–H and O–H groups in total. The summed E-state index contributed by atoms with van der Waals surface area (Å²) in [4.78, 5) is 5.11. The van der Waals surface area contributed by atoms with Crippen LogP contribution in [0.5, 0.6) is 0 Å². The number of hydrogen-bond acceptors (Lipinski definition) is 4. The van der Waals surface area contributed by atoms with Crippen LogP contribution >= 0.6 is 0 Å². The van der Waals surface area contributed by atoms with Crippen LogP contribution in [0.15, 0.2) is 225 Å². The summed E-state index contributed by atoms with van der Waals surface area (Å²) in [5, 5.41) is 4.37. The van der Waals surface area contributed by atoms with E-state index in [0.29, 0.717) is 0 Å². The predicted octanol–water partition coefficient (Wildman–Crippen LogP) is 20.9. The zero-order valence-corrected chi connectivity index (χ0v) is 47.3. The maximum atomic E-state index is 7.63. The van der Waals surface area contributed by atoms with Crippen molar-refractivity contribution >= 4 is 78.0 Å². The van der Waals surface area contributed by atoms with E-state index in [2.05, 4.69) is 246 Å². The molecule has 4 heteroatoms. The van der Waals surface area contributed by atoms with E-state index in [0.717, 1.165) is 128 Å². The van der Waals surface area contributed by atoms with Gasteiger partial charge in [-0.05, 0) is 202 Å². The average molecular weight is 1050 g/mol. The molecule has 2 aromatic heterocycles. The molecule has 0 amide bonds. The Labute approximate surface area is 475 Å². The summed E-state index contributed by atoms with van der Waals surface area (Å²) in [6.07, 6.45) is 27.1. The quantitative estimate of drug-likeness (QED) is 0.166. The van der Waals surface area contributed by atoms with E-state index in [9.17, 15) is 0 Å². The van der Waals surface area contributed by atoms with Gasteiger partial charge < -0.3 is 18.6 Å². The van der Waals surface area contributed by atoms with Gasteiger partial charge in [0.2, 0.25) is 0 Å². The molecule has 0 atom stereocenters. The minimum absolute atomic E-state index is 0.00890. The van der Waals surface area contributed by atoms with E-state index in [4.69, 9.17) is 8.83 Å². The largest absolute Gasteiger partial charge is 0.455 e. The highest BCUT2D eigenvalue weighted by molar-refractivity contribution is 6.25. The van der Waals surface area contributed by atoms with Crippen molar-refractivity contribution in [3.63, 3.8) is 0 Å².